The average molecular weight is 598 g/mol. The van der Waals surface area contributed by atoms with Gasteiger partial charge in [-0.3, -0.25) is 4.79 Å². The molecular weight excluding hydrogens is 567 g/mol. The van der Waals surface area contributed by atoms with Crippen molar-refractivity contribution < 1.29 is 14.3 Å². The van der Waals surface area contributed by atoms with Crippen molar-refractivity contribution in [3.05, 3.63) is 76.7 Å². The molecule has 0 aliphatic heterocycles. The number of hydrogen-bond donors (Lipinski definition) is 1. The number of nitrogens with zero attached hydrogens (tertiary/aromatic N) is 4. The van der Waals surface area contributed by atoms with Crippen LogP contribution in [0.5, 0.6) is 0 Å². The summed E-state index contributed by atoms with van der Waals surface area (Å²) >= 11 is 2.80. The molecule has 3 aromatic heterocycles. The smallest absolute Gasteiger partial charge is 0.341 e. The zero-order valence-corrected chi connectivity index (χ0v) is 25.3. The van der Waals surface area contributed by atoms with Crippen molar-refractivity contribution in [1.29, 1.82) is 0 Å². The van der Waals surface area contributed by atoms with Crippen LogP contribution in [0.3, 0.4) is 0 Å². The lowest BCUT2D eigenvalue weighted by molar-refractivity contribution is -0.113. The highest BCUT2D eigenvalue weighted by Crippen LogP contribution is 2.39. The second-order valence-corrected chi connectivity index (χ2v) is 12.6. The van der Waals surface area contributed by atoms with Gasteiger partial charge in [0.1, 0.15) is 5.00 Å². The van der Waals surface area contributed by atoms with Crippen molar-refractivity contribution in [3.63, 3.8) is 0 Å². The average Bonchev–Trinajstić information content (AvgIpc) is 3.55. The first-order valence-corrected chi connectivity index (χ1v) is 15.8. The Kier molecular flexibility index (Phi) is 8.08. The number of aromatic nitrogens is 4. The van der Waals surface area contributed by atoms with Gasteiger partial charge in [-0.05, 0) is 57.2 Å². The molecule has 1 aliphatic carbocycles. The van der Waals surface area contributed by atoms with Crippen molar-refractivity contribution in [2.45, 2.75) is 50.8 Å². The lowest BCUT2D eigenvalue weighted by Gasteiger charge is -2.14. The first-order valence-electron chi connectivity index (χ1n) is 14.0. The van der Waals surface area contributed by atoms with Gasteiger partial charge in [0.2, 0.25) is 5.91 Å². The van der Waals surface area contributed by atoms with Crippen molar-refractivity contribution in [3.8, 4) is 22.6 Å². The highest BCUT2D eigenvalue weighted by molar-refractivity contribution is 7.99. The van der Waals surface area contributed by atoms with E-state index in [1.807, 2.05) is 86.1 Å². The van der Waals surface area contributed by atoms with Crippen molar-refractivity contribution in [1.82, 2.24) is 19.7 Å². The van der Waals surface area contributed by atoms with Gasteiger partial charge in [0.25, 0.3) is 0 Å². The minimum absolute atomic E-state index is 0.125. The summed E-state index contributed by atoms with van der Waals surface area (Å²) in [5.41, 5.74) is 5.20. The van der Waals surface area contributed by atoms with Crippen molar-refractivity contribution >= 4 is 50.9 Å². The van der Waals surface area contributed by atoms with Gasteiger partial charge in [0, 0.05) is 28.4 Å². The fourth-order valence-electron chi connectivity index (χ4n) is 5.23. The third-order valence-corrected chi connectivity index (χ3v) is 9.39. The zero-order valence-electron chi connectivity index (χ0n) is 23.7. The molecule has 0 atom stereocenters. The molecule has 1 N–H and O–H groups in total. The summed E-state index contributed by atoms with van der Waals surface area (Å²) in [6, 6.07) is 20.1. The van der Waals surface area contributed by atoms with E-state index < -0.39 is 0 Å². The number of nitrogens with one attached hydrogen (secondary N) is 1. The quantitative estimate of drug-likeness (QED) is 0.153. The number of thiophene rings is 1. The number of rotatable bonds is 8. The molecule has 1 amide bonds. The largest absolute Gasteiger partial charge is 0.459 e. The van der Waals surface area contributed by atoms with E-state index in [9.17, 15) is 9.59 Å². The van der Waals surface area contributed by atoms with Crippen molar-refractivity contribution in [2.24, 2.45) is 7.05 Å². The van der Waals surface area contributed by atoms with Crippen LogP contribution in [-0.2, 0) is 29.4 Å². The summed E-state index contributed by atoms with van der Waals surface area (Å²) < 4.78 is 7.43. The Bertz CT molecular complexity index is 1780. The minimum atomic E-state index is -0.371. The van der Waals surface area contributed by atoms with E-state index in [1.54, 1.807) is 0 Å². The number of amides is 1. The minimum Gasteiger partial charge on any atom is -0.459 e. The summed E-state index contributed by atoms with van der Waals surface area (Å²) in [5, 5.41) is 14.1. The number of esters is 1. The van der Waals surface area contributed by atoms with E-state index in [4.69, 9.17) is 9.72 Å². The molecule has 8 nitrogen and oxygen atoms in total. The van der Waals surface area contributed by atoms with Crippen LogP contribution in [0, 0.1) is 0 Å². The predicted octanol–water partition coefficient (Wildman–Crippen LogP) is 6.93. The zero-order chi connectivity index (χ0) is 29.2. The van der Waals surface area contributed by atoms with Gasteiger partial charge in [-0.15, -0.1) is 21.5 Å². The Morgan fingerprint density at radius 1 is 1.05 bits per heavy atom. The number of thioether (sulfide) groups is 1. The van der Waals surface area contributed by atoms with Gasteiger partial charge in [-0.1, -0.05) is 60.3 Å². The van der Waals surface area contributed by atoms with Gasteiger partial charge in [-0.2, -0.15) is 0 Å². The monoisotopic (exact) mass is 597 g/mol. The van der Waals surface area contributed by atoms with E-state index in [0.717, 1.165) is 63.8 Å². The Morgan fingerprint density at radius 2 is 1.81 bits per heavy atom. The number of hydrogen-bond acceptors (Lipinski definition) is 8. The maximum absolute atomic E-state index is 13.1. The molecule has 214 valence electrons. The molecule has 42 heavy (non-hydrogen) atoms. The first kappa shape index (κ1) is 28.1. The molecule has 1 aliphatic rings. The Hall–Kier alpha value is -4.02. The lowest BCUT2D eigenvalue weighted by Crippen LogP contribution is -2.19. The molecule has 3 heterocycles. The van der Waals surface area contributed by atoms with Crippen LogP contribution in [0.4, 0.5) is 5.00 Å². The molecule has 0 spiro atoms. The Morgan fingerprint density at radius 3 is 2.62 bits per heavy atom. The van der Waals surface area contributed by atoms with Gasteiger partial charge in [0.05, 0.1) is 28.6 Å². The number of fused-ring (bicyclic) bond motifs is 2. The van der Waals surface area contributed by atoms with Crippen LogP contribution in [0.25, 0.3) is 33.5 Å². The topological polar surface area (TPSA) is 99.0 Å². The number of pyridine rings is 1. The summed E-state index contributed by atoms with van der Waals surface area (Å²) in [7, 11) is 1.90. The van der Waals surface area contributed by atoms with E-state index in [-0.39, 0.29) is 23.7 Å². The summed E-state index contributed by atoms with van der Waals surface area (Å²) in [4.78, 5) is 32.1. The van der Waals surface area contributed by atoms with E-state index in [0.29, 0.717) is 21.5 Å². The maximum Gasteiger partial charge on any atom is 0.341 e. The SMILES string of the molecule is CC(C)OC(=O)c1c(NC(=O)CSc2nnc(-c3cc(-c4ccccc4)nc4ccccc34)n2C)sc2c1CCCC2. The molecule has 0 bridgehead atoms. The molecule has 6 rings (SSSR count). The van der Waals surface area contributed by atoms with Crippen LogP contribution in [0.1, 0.15) is 47.5 Å². The molecule has 5 aromatic rings. The number of para-hydroxylation sites is 1. The molecule has 0 saturated carbocycles. The van der Waals surface area contributed by atoms with E-state index in [2.05, 4.69) is 15.5 Å². The second-order valence-electron chi connectivity index (χ2n) is 10.5. The van der Waals surface area contributed by atoms with Gasteiger partial charge >= 0.3 is 5.97 Å². The van der Waals surface area contributed by atoms with Crippen LogP contribution in [0.2, 0.25) is 0 Å². The Balaban J connectivity index is 1.23. The number of aryl methyl sites for hydroxylation is 1. The highest BCUT2D eigenvalue weighted by Gasteiger charge is 2.28. The normalized spacial score (nSPS) is 12.9. The van der Waals surface area contributed by atoms with Crippen LogP contribution < -0.4 is 5.32 Å². The molecule has 0 unspecified atom stereocenters. The van der Waals surface area contributed by atoms with E-state index >= 15 is 0 Å². The van der Waals surface area contributed by atoms with Crippen molar-refractivity contribution in [2.75, 3.05) is 11.1 Å². The molecule has 2 aromatic carbocycles. The van der Waals surface area contributed by atoms with Gasteiger partial charge in [-0.25, -0.2) is 9.78 Å². The highest BCUT2D eigenvalue weighted by atomic mass is 32.2. The third-order valence-electron chi connectivity index (χ3n) is 7.17. The Labute approximate surface area is 252 Å². The second kappa shape index (κ2) is 12.1. The number of ether oxygens (including phenoxy) is 1. The third kappa shape index (κ3) is 5.69. The van der Waals surface area contributed by atoms with Gasteiger partial charge in [0.15, 0.2) is 11.0 Å². The molecular formula is C32H31N5O3S2. The summed E-state index contributed by atoms with van der Waals surface area (Å²) in [6.07, 6.45) is 3.63. The standard InChI is InChI=1S/C32H31N5O3S2/c1-19(2)40-31(39)28-22-14-8-10-16-26(22)42-30(28)34-27(38)18-41-32-36-35-29(37(32)3)23-17-25(20-11-5-4-6-12-20)33-24-15-9-7-13-21(23)24/h4-7,9,11-13,15,17,19H,8,10,14,16,18H2,1-3H3,(H,34,38). The fourth-order valence-corrected chi connectivity index (χ4v) is 7.23. The number of benzene rings is 2. The molecule has 0 saturated heterocycles. The van der Waals surface area contributed by atoms with Gasteiger partial charge < -0.3 is 14.6 Å². The number of anilines is 1. The van der Waals surface area contributed by atoms with Crippen LogP contribution in [-0.4, -0.2) is 43.5 Å². The van der Waals surface area contributed by atoms with Crippen LogP contribution in [0.15, 0.2) is 65.8 Å². The van der Waals surface area contributed by atoms with E-state index in [1.165, 1.54) is 23.1 Å². The molecule has 10 heteroatoms. The number of carbonyl (C=O) groups is 2. The summed E-state index contributed by atoms with van der Waals surface area (Å²) in [5.74, 6) is 0.241. The maximum atomic E-state index is 13.1. The fraction of sp³-hybridized carbons (Fsp3) is 0.281. The number of carbonyl (C=O) groups excluding carboxylic acids is 2. The summed E-state index contributed by atoms with van der Waals surface area (Å²) in [6.45, 7) is 3.66. The first-order chi connectivity index (χ1) is 20.4. The van der Waals surface area contributed by atoms with Crippen LogP contribution >= 0.6 is 23.1 Å². The molecule has 0 fully saturated rings. The predicted molar refractivity (Wildman–Crippen MR) is 168 cm³/mol. The lowest BCUT2D eigenvalue weighted by atomic mass is 9.95. The molecule has 0 radical (unpaired) electrons.